The molecule has 1 unspecified atom stereocenters. The van der Waals surface area contributed by atoms with E-state index in [1.165, 1.54) is 39.0 Å². The Labute approximate surface area is 246 Å². The summed E-state index contributed by atoms with van der Waals surface area (Å²) in [4.78, 5) is 26.5. The Morgan fingerprint density at radius 2 is 1.84 bits per heavy atom. The summed E-state index contributed by atoms with van der Waals surface area (Å²) < 4.78 is 98.0. The lowest BCUT2D eigenvalue weighted by Gasteiger charge is -2.33. The van der Waals surface area contributed by atoms with E-state index in [1.54, 1.807) is 18.2 Å². The van der Waals surface area contributed by atoms with Gasteiger partial charge in [-0.25, -0.2) is 4.98 Å². The smallest absolute Gasteiger partial charge is 0.415 e. The normalized spacial score (nSPS) is 21.2. The molecular formula is C28H27F6N5O5. The van der Waals surface area contributed by atoms with Crippen LogP contribution in [0, 0.1) is 16.0 Å². The van der Waals surface area contributed by atoms with E-state index < -0.39 is 81.9 Å². The Hall–Kier alpha value is -4.34. The summed E-state index contributed by atoms with van der Waals surface area (Å²) >= 11 is 0. The summed E-state index contributed by atoms with van der Waals surface area (Å²) in [5.41, 5.74) is -7.77. The van der Waals surface area contributed by atoms with Crippen molar-refractivity contribution in [3.63, 3.8) is 0 Å². The van der Waals surface area contributed by atoms with Crippen LogP contribution in [0.3, 0.4) is 0 Å². The fourth-order valence-corrected chi connectivity index (χ4v) is 4.93. The van der Waals surface area contributed by atoms with Gasteiger partial charge in [0.15, 0.2) is 0 Å². The summed E-state index contributed by atoms with van der Waals surface area (Å²) in [6.07, 6.45) is -8.89. The second-order valence-corrected chi connectivity index (χ2v) is 11.0. The molecule has 16 heteroatoms. The number of aromatic nitrogens is 3. The minimum Gasteiger partial charge on any atom is -0.415 e. The van der Waals surface area contributed by atoms with E-state index in [0.717, 1.165) is 6.08 Å². The predicted octanol–water partition coefficient (Wildman–Crippen LogP) is 7.17. The lowest BCUT2D eigenvalue weighted by molar-refractivity contribution is -0.384. The summed E-state index contributed by atoms with van der Waals surface area (Å²) in [7, 11) is 0. The molecule has 10 nitrogen and oxygen atoms in total. The number of nitro groups is 1. The van der Waals surface area contributed by atoms with Gasteiger partial charge in [-0.3, -0.25) is 10.1 Å². The van der Waals surface area contributed by atoms with E-state index in [0.29, 0.717) is 5.56 Å². The molecule has 1 aliphatic rings. The monoisotopic (exact) mass is 627 g/mol. The van der Waals surface area contributed by atoms with Gasteiger partial charge in [-0.15, -0.1) is 10.2 Å². The summed E-state index contributed by atoms with van der Waals surface area (Å²) in [6, 6.07) is 8.08. The number of ether oxygens (including phenoxy) is 1. The number of rotatable bonds is 6. The molecule has 4 rings (SSSR count). The fraction of sp³-hybridized carbons (Fsp3) is 0.429. The number of benzene rings is 1. The molecule has 1 N–H and O–H groups in total. The molecule has 2 aromatic heterocycles. The third kappa shape index (κ3) is 7.06. The van der Waals surface area contributed by atoms with Gasteiger partial charge >= 0.3 is 18.0 Å². The molecule has 3 aromatic rings. The number of allylic oxidation sites excluding steroid dienone is 1. The van der Waals surface area contributed by atoms with Crippen LogP contribution < -0.4 is 5.32 Å². The van der Waals surface area contributed by atoms with Gasteiger partial charge in [-0.1, -0.05) is 42.5 Å². The minimum atomic E-state index is -5.20. The van der Waals surface area contributed by atoms with Crippen LogP contribution in [0.1, 0.15) is 57.1 Å². The third-order valence-electron chi connectivity index (χ3n) is 6.86. The van der Waals surface area contributed by atoms with Crippen molar-refractivity contribution >= 4 is 17.3 Å². The summed E-state index contributed by atoms with van der Waals surface area (Å²) in [5, 5.41) is 21.5. The summed E-state index contributed by atoms with van der Waals surface area (Å²) in [5.74, 6) is -3.97. The molecule has 0 saturated heterocycles. The molecule has 0 saturated carbocycles. The van der Waals surface area contributed by atoms with E-state index in [4.69, 9.17) is 9.15 Å². The number of ketones is 1. The van der Waals surface area contributed by atoms with Crippen LogP contribution in [-0.2, 0) is 27.9 Å². The molecule has 0 amide bonds. The van der Waals surface area contributed by atoms with E-state index >= 15 is 0 Å². The van der Waals surface area contributed by atoms with Crippen LogP contribution in [0.2, 0.25) is 0 Å². The highest BCUT2D eigenvalue weighted by atomic mass is 19.4. The van der Waals surface area contributed by atoms with Gasteiger partial charge in [-0.05, 0) is 38.7 Å². The molecule has 3 heterocycles. The number of hydrogen-bond acceptors (Lipinski definition) is 9. The molecule has 4 bridgehead atoms. The van der Waals surface area contributed by atoms with Crippen molar-refractivity contribution in [3.05, 3.63) is 75.7 Å². The topological polar surface area (TPSA) is 133 Å². The quantitative estimate of drug-likeness (QED) is 0.131. The van der Waals surface area contributed by atoms with Crippen LogP contribution in [0.15, 0.2) is 53.0 Å². The molecule has 236 valence electrons. The van der Waals surface area contributed by atoms with Crippen LogP contribution in [-0.4, -0.2) is 37.6 Å². The van der Waals surface area contributed by atoms with Gasteiger partial charge in [0.05, 0.1) is 11.5 Å². The van der Waals surface area contributed by atoms with E-state index in [2.05, 4.69) is 20.5 Å². The van der Waals surface area contributed by atoms with Crippen LogP contribution >= 0.6 is 0 Å². The molecular weight excluding hydrogens is 600 g/mol. The Kier molecular flexibility index (Phi) is 8.87. The van der Waals surface area contributed by atoms with Crippen LogP contribution in [0.25, 0.3) is 11.6 Å². The highest BCUT2D eigenvalue weighted by molar-refractivity contribution is 5.76. The highest BCUT2D eigenvalue weighted by Crippen LogP contribution is 2.47. The number of fused-ring (bicyclic) bond motifs is 5. The number of halogens is 6. The Morgan fingerprint density at radius 3 is 2.43 bits per heavy atom. The minimum absolute atomic E-state index is 0.0311. The molecule has 0 radical (unpaired) electrons. The number of carbonyl (C=O) groups excluding carboxylic acids is 1. The Morgan fingerprint density at radius 1 is 1.16 bits per heavy atom. The second-order valence-electron chi connectivity index (χ2n) is 11.0. The van der Waals surface area contributed by atoms with Crippen molar-refractivity contribution in [3.8, 4) is 11.6 Å². The number of hydrogen-bond donors (Lipinski definition) is 1. The number of alkyl halides is 6. The molecule has 0 fully saturated rings. The largest absolute Gasteiger partial charge is 0.426 e. The van der Waals surface area contributed by atoms with Gasteiger partial charge in [0.25, 0.3) is 11.8 Å². The standard InChI is InChI=1S/C28H27F6N5O5/c1-16(40)12-18-10-7-11-26(28(32,33)34,43-15-17-8-5-4-6-9-17)24-38-37-23(44-24)21-20(39(41)42)13-19(27(29,30)31)22(35-21)36-25(2,3)14-18/h4-10,13,18H,11-12,14-15H2,1-3H3,(H,35,36)/b10-7+/t18?,26-/m1/s1. The van der Waals surface area contributed by atoms with Crippen molar-refractivity contribution in [1.82, 2.24) is 15.2 Å². The number of pyridine rings is 1. The average molecular weight is 628 g/mol. The lowest BCUT2D eigenvalue weighted by Crippen LogP contribution is -2.45. The van der Waals surface area contributed by atoms with Gasteiger partial charge in [0.1, 0.15) is 17.2 Å². The van der Waals surface area contributed by atoms with Crippen molar-refractivity contribution < 1.29 is 45.2 Å². The van der Waals surface area contributed by atoms with Crippen molar-refractivity contribution in [2.24, 2.45) is 5.92 Å². The molecule has 0 aliphatic carbocycles. The molecule has 1 aromatic carbocycles. The lowest BCUT2D eigenvalue weighted by atomic mass is 9.86. The van der Waals surface area contributed by atoms with Gasteiger partial charge < -0.3 is 19.3 Å². The highest BCUT2D eigenvalue weighted by Gasteiger charge is 2.61. The maximum Gasteiger partial charge on any atom is 0.426 e. The van der Waals surface area contributed by atoms with Gasteiger partial charge in [0.2, 0.25) is 11.3 Å². The van der Waals surface area contributed by atoms with Gasteiger partial charge in [0, 0.05) is 24.4 Å². The van der Waals surface area contributed by atoms with E-state index in [9.17, 15) is 41.3 Å². The first-order valence-corrected chi connectivity index (χ1v) is 13.2. The summed E-state index contributed by atoms with van der Waals surface area (Å²) in [6.45, 7) is 3.70. The number of nitrogens with one attached hydrogen (secondary N) is 1. The molecule has 2 atom stereocenters. The second kappa shape index (κ2) is 12.0. The SMILES string of the molecule is CC(=O)CC1/C=C/C[C@](OCc2ccccc2)(C(F)(F)F)c2nnc(o2)-c2nc(c(C(F)(F)F)cc2[N+](=O)[O-])NC(C)(C)C1. The average Bonchev–Trinajstić information content (AvgIpc) is 3.38. The number of nitrogens with zero attached hydrogens (tertiary/aromatic N) is 4. The van der Waals surface area contributed by atoms with E-state index in [1.807, 2.05) is 0 Å². The number of Topliss-reactive ketones (excluding diaryl/α,β-unsaturated/α-hetero) is 1. The first kappa shape index (κ1) is 32.6. The van der Waals surface area contributed by atoms with Gasteiger partial charge in [-0.2, -0.15) is 26.3 Å². The Bertz CT molecular complexity index is 1550. The fourth-order valence-electron chi connectivity index (χ4n) is 4.93. The molecule has 44 heavy (non-hydrogen) atoms. The predicted molar refractivity (Wildman–Crippen MR) is 143 cm³/mol. The first-order valence-electron chi connectivity index (χ1n) is 13.2. The maximum atomic E-state index is 15.0. The van der Waals surface area contributed by atoms with Crippen molar-refractivity contribution in [2.45, 2.75) is 70.1 Å². The van der Waals surface area contributed by atoms with E-state index in [-0.39, 0.29) is 24.7 Å². The number of carbonyl (C=O) groups is 1. The zero-order valence-electron chi connectivity index (χ0n) is 23.6. The number of anilines is 1. The molecule has 1 aliphatic heterocycles. The van der Waals surface area contributed by atoms with Crippen molar-refractivity contribution in [1.29, 1.82) is 0 Å². The zero-order valence-corrected chi connectivity index (χ0v) is 23.6. The van der Waals surface area contributed by atoms with Crippen molar-refractivity contribution in [2.75, 3.05) is 5.32 Å². The Balaban J connectivity index is 1.99. The van der Waals surface area contributed by atoms with Crippen LogP contribution in [0.5, 0.6) is 0 Å². The molecule has 0 spiro atoms. The third-order valence-corrected chi connectivity index (χ3v) is 6.86. The van der Waals surface area contributed by atoms with Crippen LogP contribution in [0.4, 0.5) is 37.8 Å². The zero-order chi connectivity index (χ0) is 32.5. The first-order chi connectivity index (χ1) is 20.4. The maximum absolute atomic E-state index is 15.0.